The number of ether oxygens (including phenoxy) is 2. The summed E-state index contributed by atoms with van der Waals surface area (Å²) >= 11 is 0. The Balaban J connectivity index is 1.46. The van der Waals surface area contributed by atoms with Gasteiger partial charge in [-0.15, -0.1) is 0 Å². The van der Waals surface area contributed by atoms with E-state index in [0.717, 1.165) is 51.4 Å². The molecule has 0 amide bonds. The number of aliphatic hydroxyl groups excluding tert-OH is 5. The SMILES string of the molecule is CCCCCCCCCCCC[C@H](O)[C@@H]1CC[C@@H]([C@@H](O)CCC[C@H](O)[C@H](O)CCCCC[C@H](O)CC2=C[C@@H](C)OC2=O)O1. The van der Waals surface area contributed by atoms with Crippen LogP contribution in [-0.2, 0) is 14.3 Å². The predicted molar refractivity (Wildman–Crippen MR) is 170 cm³/mol. The fourth-order valence-corrected chi connectivity index (χ4v) is 6.44. The van der Waals surface area contributed by atoms with Crippen LogP contribution in [0.25, 0.3) is 0 Å². The van der Waals surface area contributed by atoms with Crippen LogP contribution in [0.5, 0.6) is 0 Å². The Morgan fingerprint density at radius 3 is 1.70 bits per heavy atom. The summed E-state index contributed by atoms with van der Waals surface area (Å²) in [5, 5.41) is 52.1. The predicted octanol–water partition coefficient (Wildman–Crippen LogP) is 6.03. The van der Waals surface area contributed by atoms with E-state index in [4.69, 9.17) is 9.47 Å². The Bertz CT molecular complexity index is 758. The van der Waals surface area contributed by atoms with Crippen molar-refractivity contribution < 1.29 is 39.8 Å². The molecule has 2 rings (SSSR count). The summed E-state index contributed by atoms with van der Waals surface area (Å²) < 4.78 is 11.1. The molecule has 0 unspecified atom stereocenters. The topological polar surface area (TPSA) is 137 Å². The zero-order valence-corrected chi connectivity index (χ0v) is 27.2. The first kappa shape index (κ1) is 38.2. The number of hydrogen-bond acceptors (Lipinski definition) is 8. The lowest BCUT2D eigenvalue weighted by Crippen LogP contribution is -2.31. The van der Waals surface area contributed by atoms with Crippen molar-refractivity contribution in [3.05, 3.63) is 11.6 Å². The molecule has 0 aromatic heterocycles. The summed E-state index contributed by atoms with van der Waals surface area (Å²) in [7, 11) is 0. The van der Waals surface area contributed by atoms with Crippen LogP contribution in [0.4, 0.5) is 0 Å². The van der Waals surface area contributed by atoms with Gasteiger partial charge in [0.05, 0.1) is 42.7 Å². The van der Waals surface area contributed by atoms with Gasteiger partial charge in [0.25, 0.3) is 0 Å². The van der Waals surface area contributed by atoms with Crippen LogP contribution >= 0.6 is 0 Å². The number of carbonyl (C=O) groups is 1. The summed E-state index contributed by atoms with van der Waals surface area (Å²) in [5.41, 5.74) is 0.542. The minimum Gasteiger partial charge on any atom is -0.455 e. The van der Waals surface area contributed by atoms with Crippen LogP contribution in [0.3, 0.4) is 0 Å². The molecule has 2 aliphatic rings. The molecule has 252 valence electrons. The summed E-state index contributed by atoms with van der Waals surface area (Å²) in [6, 6.07) is 0. The first-order chi connectivity index (χ1) is 20.7. The molecule has 2 heterocycles. The lowest BCUT2D eigenvalue weighted by Gasteiger charge is -2.23. The third-order valence-corrected chi connectivity index (χ3v) is 9.22. The van der Waals surface area contributed by atoms with Crippen molar-refractivity contribution in [2.45, 2.75) is 204 Å². The van der Waals surface area contributed by atoms with Gasteiger partial charge < -0.3 is 35.0 Å². The molecular weight excluding hydrogens is 548 g/mol. The van der Waals surface area contributed by atoms with E-state index in [1.165, 1.54) is 51.4 Å². The van der Waals surface area contributed by atoms with Crippen molar-refractivity contribution in [2.75, 3.05) is 0 Å². The normalized spacial score (nSPS) is 24.0. The number of carbonyl (C=O) groups excluding carboxylic acids is 1. The molecule has 8 atom stereocenters. The van der Waals surface area contributed by atoms with E-state index in [0.29, 0.717) is 44.1 Å². The van der Waals surface area contributed by atoms with E-state index in [-0.39, 0.29) is 24.3 Å². The average Bonchev–Trinajstić information content (AvgIpc) is 3.59. The van der Waals surface area contributed by atoms with E-state index in [2.05, 4.69) is 6.92 Å². The Morgan fingerprint density at radius 1 is 0.674 bits per heavy atom. The third kappa shape index (κ3) is 16.2. The van der Waals surface area contributed by atoms with Gasteiger partial charge in [-0.2, -0.15) is 0 Å². The minimum atomic E-state index is -0.833. The van der Waals surface area contributed by atoms with E-state index < -0.39 is 30.5 Å². The average molecular weight is 613 g/mol. The molecule has 8 nitrogen and oxygen atoms in total. The zero-order valence-electron chi connectivity index (χ0n) is 27.2. The first-order valence-corrected chi connectivity index (χ1v) is 17.7. The molecule has 8 heteroatoms. The summed E-state index contributed by atoms with van der Waals surface area (Å²) in [4.78, 5) is 11.7. The zero-order chi connectivity index (χ0) is 31.5. The molecule has 1 fully saturated rings. The van der Waals surface area contributed by atoms with Crippen LogP contribution in [0.1, 0.15) is 155 Å². The fraction of sp³-hybridized carbons (Fsp3) is 0.914. The van der Waals surface area contributed by atoms with Gasteiger partial charge in [-0.3, -0.25) is 0 Å². The number of cyclic esters (lactones) is 1. The van der Waals surface area contributed by atoms with Crippen LogP contribution in [-0.4, -0.2) is 80.3 Å². The highest BCUT2D eigenvalue weighted by Crippen LogP contribution is 2.28. The molecule has 0 spiro atoms. The van der Waals surface area contributed by atoms with Gasteiger partial charge in [-0.1, -0.05) is 90.4 Å². The second-order valence-corrected chi connectivity index (χ2v) is 13.3. The van der Waals surface area contributed by atoms with Crippen molar-refractivity contribution in [3.63, 3.8) is 0 Å². The van der Waals surface area contributed by atoms with E-state index in [1.54, 1.807) is 13.0 Å². The summed E-state index contributed by atoms with van der Waals surface area (Å²) in [6.45, 7) is 4.04. The molecule has 0 aromatic rings. The monoisotopic (exact) mass is 612 g/mol. The molecule has 0 aromatic carbocycles. The van der Waals surface area contributed by atoms with E-state index >= 15 is 0 Å². The van der Waals surface area contributed by atoms with Gasteiger partial charge in [0.2, 0.25) is 0 Å². The lowest BCUT2D eigenvalue weighted by molar-refractivity contribution is -0.139. The maximum Gasteiger partial charge on any atom is 0.334 e. The van der Waals surface area contributed by atoms with Crippen molar-refractivity contribution in [1.29, 1.82) is 0 Å². The number of rotatable bonds is 26. The molecule has 5 N–H and O–H groups in total. The highest BCUT2D eigenvalue weighted by molar-refractivity contribution is 5.90. The number of aliphatic hydroxyl groups is 5. The van der Waals surface area contributed by atoms with E-state index in [9.17, 15) is 30.3 Å². The number of esters is 1. The molecular formula is C35H64O8. The van der Waals surface area contributed by atoms with E-state index in [1.807, 2.05) is 0 Å². The standard InChI is InChI=1S/C35H64O8/c1-3-4-5-6-7-8-9-10-11-14-19-31(39)33-22-23-34(43-33)32(40)21-16-20-30(38)29(37)18-15-12-13-17-28(36)25-27-24-26(2)42-35(27)41/h24,26,28-34,36-40H,3-23,25H2,1-2H3/t26-,28+,29-,30+,31+,32+,33+,34+/m1/s1. The number of hydrogen-bond donors (Lipinski definition) is 5. The molecule has 2 aliphatic heterocycles. The third-order valence-electron chi connectivity index (χ3n) is 9.22. The van der Waals surface area contributed by atoms with Gasteiger partial charge >= 0.3 is 5.97 Å². The van der Waals surface area contributed by atoms with Crippen LogP contribution in [0.15, 0.2) is 11.6 Å². The van der Waals surface area contributed by atoms with Gasteiger partial charge in [0, 0.05) is 12.0 Å². The van der Waals surface area contributed by atoms with Gasteiger partial charge in [0.1, 0.15) is 6.10 Å². The van der Waals surface area contributed by atoms with Gasteiger partial charge in [0.15, 0.2) is 0 Å². The molecule has 0 radical (unpaired) electrons. The van der Waals surface area contributed by atoms with Gasteiger partial charge in [-0.05, 0) is 64.4 Å². The van der Waals surface area contributed by atoms with Crippen molar-refractivity contribution >= 4 is 5.97 Å². The minimum absolute atomic E-state index is 0.202. The highest BCUT2D eigenvalue weighted by atomic mass is 16.5. The lowest BCUT2D eigenvalue weighted by atomic mass is 9.97. The van der Waals surface area contributed by atoms with Crippen molar-refractivity contribution in [1.82, 2.24) is 0 Å². The summed E-state index contributed by atoms with van der Waals surface area (Å²) in [5.74, 6) is -0.343. The van der Waals surface area contributed by atoms with Gasteiger partial charge in [-0.25, -0.2) is 4.79 Å². The molecule has 0 bridgehead atoms. The van der Waals surface area contributed by atoms with Crippen LogP contribution in [0.2, 0.25) is 0 Å². The second-order valence-electron chi connectivity index (χ2n) is 13.3. The largest absolute Gasteiger partial charge is 0.455 e. The molecule has 0 saturated carbocycles. The Labute approximate surface area is 261 Å². The van der Waals surface area contributed by atoms with Crippen molar-refractivity contribution in [3.8, 4) is 0 Å². The smallest absolute Gasteiger partial charge is 0.334 e. The number of unbranched alkanes of at least 4 members (excludes halogenated alkanes) is 11. The molecule has 0 aliphatic carbocycles. The Hall–Kier alpha value is -1.03. The Kier molecular flexibility index (Phi) is 19.9. The van der Waals surface area contributed by atoms with Crippen LogP contribution in [0, 0.1) is 0 Å². The maximum atomic E-state index is 11.7. The molecule has 1 saturated heterocycles. The second kappa shape index (κ2) is 22.5. The van der Waals surface area contributed by atoms with Crippen LogP contribution < -0.4 is 0 Å². The first-order valence-electron chi connectivity index (χ1n) is 17.7. The summed E-state index contributed by atoms with van der Waals surface area (Å²) in [6.07, 6.45) is 17.9. The Morgan fingerprint density at radius 2 is 1.14 bits per heavy atom. The quantitative estimate of drug-likeness (QED) is 0.0590. The van der Waals surface area contributed by atoms with Crippen molar-refractivity contribution in [2.24, 2.45) is 0 Å². The maximum absolute atomic E-state index is 11.7. The highest BCUT2D eigenvalue weighted by Gasteiger charge is 2.34. The molecule has 43 heavy (non-hydrogen) atoms. The fourth-order valence-electron chi connectivity index (χ4n) is 6.44.